The minimum absolute atomic E-state index is 0.565. The summed E-state index contributed by atoms with van der Waals surface area (Å²) < 4.78 is 10.3. The first-order chi connectivity index (χ1) is 8.24. The minimum Gasteiger partial charge on any atom is -0.481 e. The van der Waals surface area contributed by atoms with E-state index in [1.165, 1.54) is 6.33 Å². The molecule has 0 aliphatic carbocycles. The summed E-state index contributed by atoms with van der Waals surface area (Å²) in [5, 5.41) is 0. The van der Waals surface area contributed by atoms with Crippen LogP contribution in [0.1, 0.15) is 5.56 Å². The Morgan fingerprint density at radius 3 is 2.65 bits per heavy atom. The molecule has 1 aromatic heterocycles. The third-order valence-corrected chi connectivity index (χ3v) is 2.47. The minimum atomic E-state index is 0.565. The molecule has 17 heavy (non-hydrogen) atoms. The lowest BCUT2D eigenvalue weighted by atomic mass is 10.3. The second-order valence-corrected chi connectivity index (χ2v) is 3.60. The molecule has 1 aromatic rings. The van der Waals surface area contributed by atoms with E-state index in [1.54, 1.807) is 14.2 Å². The topological polar surface area (TPSA) is 73.5 Å². The molecule has 0 saturated heterocycles. The molecule has 0 fully saturated rings. The molecule has 1 heterocycles. The number of methoxy groups -OCH3 is 2. The van der Waals surface area contributed by atoms with Gasteiger partial charge in [-0.1, -0.05) is 0 Å². The fraction of sp³-hybridized carbons (Fsp3) is 0.636. The number of nitrogens with two attached hydrogens (primary N) is 1. The fourth-order valence-electron chi connectivity index (χ4n) is 1.63. The SMILES string of the molecule is COCCN(CCN)c1ncnc(OC)c1C. The summed E-state index contributed by atoms with van der Waals surface area (Å²) in [6.45, 7) is 4.60. The molecule has 0 amide bonds. The number of nitrogens with zero attached hydrogens (tertiary/aromatic N) is 3. The van der Waals surface area contributed by atoms with Crippen molar-refractivity contribution in [1.29, 1.82) is 0 Å². The highest BCUT2D eigenvalue weighted by Gasteiger charge is 2.13. The van der Waals surface area contributed by atoms with Crippen LogP contribution in [0.3, 0.4) is 0 Å². The van der Waals surface area contributed by atoms with Gasteiger partial charge in [-0.2, -0.15) is 0 Å². The summed E-state index contributed by atoms with van der Waals surface area (Å²) in [5.74, 6) is 1.44. The van der Waals surface area contributed by atoms with E-state index in [2.05, 4.69) is 14.9 Å². The van der Waals surface area contributed by atoms with Crippen molar-refractivity contribution in [3.05, 3.63) is 11.9 Å². The number of hydrogen-bond donors (Lipinski definition) is 1. The Labute approximate surface area is 102 Å². The molecule has 96 valence electrons. The average Bonchev–Trinajstić information content (AvgIpc) is 2.35. The van der Waals surface area contributed by atoms with E-state index >= 15 is 0 Å². The van der Waals surface area contributed by atoms with Gasteiger partial charge in [0.1, 0.15) is 12.1 Å². The molecule has 6 heteroatoms. The van der Waals surface area contributed by atoms with E-state index in [0.717, 1.165) is 24.5 Å². The highest BCUT2D eigenvalue weighted by molar-refractivity contribution is 5.50. The van der Waals surface area contributed by atoms with Gasteiger partial charge in [0.15, 0.2) is 0 Å². The summed E-state index contributed by atoms with van der Waals surface area (Å²) in [5.41, 5.74) is 6.52. The molecule has 0 radical (unpaired) electrons. The maximum atomic E-state index is 5.60. The predicted octanol–water partition coefficient (Wildman–Crippen LogP) is 0.205. The maximum absolute atomic E-state index is 5.60. The molecule has 0 unspecified atom stereocenters. The van der Waals surface area contributed by atoms with Gasteiger partial charge < -0.3 is 20.1 Å². The lowest BCUT2D eigenvalue weighted by Gasteiger charge is -2.24. The molecule has 0 aliphatic rings. The molecular formula is C11H20N4O2. The standard InChI is InChI=1S/C11H20N4O2/c1-9-10(13-8-14-11(9)17-3)15(5-4-12)6-7-16-2/h8H,4-7,12H2,1-3H3. The first kappa shape index (κ1) is 13.7. The molecule has 2 N–H and O–H groups in total. The summed E-state index contributed by atoms with van der Waals surface area (Å²) in [6.07, 6.45) is 1.50. The van der Waals surface area contributed by atoms with Crippen LogP contribution >= 0.6 is 0 Å². The van der Waals surface area contributed by atoms with Crippen LogP contribution in [0, 0.1) is 6.92 Å². The van der Waals surface area contributed by atoms with Crippen molar-refractivity contribution in [3.8, 4) is 5.88 Å². The molecular weight excluding hydrogens is 220 g/mol. The van der Waals surface area contributed by atoms with Crippen molar-refractivity contribution in [2.75, 3.05) is 45.4 Å². The summed E-state index contributed by atoms with van der Waals surface area (Å²) >= 11 is 0. The zero-order valence-corrected chi connectivity index (χ0v) is 10.6. The van der Waals surface area contributed by atoms with Crippen LogP contribution in [0.4, 0.5) is 5.82 Å². The summed E-state index contributed by atoms with van der Waals surface area (Å²) in [6, 6.07) is 0. The normalized spacial score (nSPS) is 10.4. The molecule has 1 rings (SSSR count). The highest BCUT2D eigenvalue weighted by Crippen LogP contribution is 2.22. The van der Waals surface area contributed by atoms with Gasteiger partial charge >= 0.3 is 0 Å². The van der Waals surface area contributed by atoms with Crippen LogP contribution < -0.4 is 15.4 Å². The number of rotatable bonds is 7. The monoisotopic (exact) mass is 240 g/mol. The van der Waals surface area contributed by atoms with Gasteiger partial charge in [0.2, 0.25) is 5.88 Å². The van der Waals surface area contributed by atoms with Crippen LogP contribution in [0.25, 0.3) is 0 Å². The third-order valence-electron chi connectivity index (χ3n) is 2.47. The maximum Gasteiger partial charge on any atom is 0.221 e. The Morgan fingerprint density at radius 2 is 2.06 bits per heavy atom. The zero-order chi connectivity index (χ0) is 12.7. The quantitative estimate of drug-likeness (QED) is 0.734. The van der Waals surface area contributed by atoms with E-state index in [0.29, 0.717) is 19.0 Å². The van der Waals surface area contributed by atoms with Gasteiger partial charge in [0, 0.05) is 26.7 Å². The van der Waals surface area contributed by atoms with Crippen molar-refractivity contribution < 1.29 is 9.47 Å². The Balaban J connectivity index is 2.92. The Hall–Kier alpha value is -1.40. The molecule has 0 bridgehead atoms. The van der Waals surface area contributed by atoms with Crippen LogP contribution in [0.2, 0.25) is 0 Å². The molecule has 6 nitrogen and oxygen atoms in total. The first-order valence-electron chi connectivity index (χ1n) is 5.54. The first-order valence-corrected chi connectivity index (χ1v) is 5.54. The summed E-state index contributed by atoms with van der Waals surface area (Å²) in [7, 11) is 3.27. The second-order valence-electron chi connectivity index (χ2n) is 3.60. The van der Waals surface area contributed by atoms with Gasteiger partial charge in [-0.15, -0.1) is 0 Å². The van der Waals surface area contributed by atoms with Crippen LogP contribution in [0.15, 0.2) is 6.33 Å². The third kappa shape index (κ3) is 3.54. The Kier molecular flexibility index (Phi) is 5.65. The van der Waals surface area contributed by atoms with Gasteiger partial charge in [0.05, 0.1) is 19.3 Å². The molecule has 0 spiro atoms. The Morgan fingerprint density at radius 1 is 1.29 bits per heavy atom. The predicted molar refractivity (Wildman–Crippen MR) is 66.5 cm³/mol. The lowest BCUT2D eigenvalue weighted by Crippen LogP contribution is -2.33. The van der Waals surface area contributed by atoms with Crippen molar-refractivity contribution in [2.24, 2.45) is 5.73 Å². The zero-order valence-electron chi connectivity index (χ0n) is 10.6. The molecule has 0 atom stereocenters. The van der Waals surface area contributed by atoms with Crippen molar-refractivity contribution in [2.45, 2.75) is 6.92 Å². The lowest BCUT2D eigenvalue weighted by molar-refractivity contribution is 0.205. The molecule has 0 aromatic carbocycles. The van der Waals surface area contributed by atoms with E-state index < -0.39 is 0 Å². The van der Waals surface area contributed by atoms with Gasteiger partial charge in [-0.05, 0) is 6.92 Å². The van der Waals surface area contributed by atoms with Crippen LogP contribution in [-0.2, 0) is 4.74 Å². The van der Waals surface area contributed by atoms with E-state index in [1.807, 2.05) is 6.92 Å². The van der Waals surface area contributed by atoms with Gasteiger partial charge in [-0.25, -0.2) is 9.97 Å². The van der Waals surface area contributed by atoms with Crippen molar-refractivity contribution in [3.63, 3.8) is 0 Å². The summed E-state index contributed by atoms with van der Waals surface area (Å²) in [4.78, 5) is 10.4. The van der Waals surface area contributed by atoms with E-state index in [-0.39, 0.29) is 0 Å². The van der Waals surface area contributed by atoms with Gasteiger partial charge in [-0.3, -0.25) is 0 Å². The average molecular weight is 240 g/mol. The highest BCUT2D eigenvalue weighted by atomic mass is 16.5. The van der Waals surface area contributed by atoms with Gasteiger partial charge in [0.25, 0.3) is 0 Å². The van der Waals surface area contributed by atoms with Crippen molar-refractivity contribution >= 4 is 5.82 Å². The molecule has 0 aliphatic heterocycles. The van der Waals surface area contributed by atoms with E-state index in [9.17, 15) is 0 Å². The smallest absolute Gasteiger partial charge is 0.221 e. The fourth-order valence-corrected chi connectivity index (χ4v) is 1.63. The van der Waals surface area contributed by atoms with Crippen LogP contribution in [-0.4, -0.2) is 50.4 Å². The van der Waals surface area contributed by atoms with E-state index in [4.69, 9.17) is 15.2 Å². The number of hydrogen-bond acceptors (Lipinski definition) is 6. The van der Waals surface area contributed by atoms with Crippen molar-refractivity contribution in [1.82, 2.24) is 9.97 Å². The number of aromatic nitrogens is 2. The molecule has 0 saturated carbocycles. The number of anilines is 1. The Bertz CT molecular complexity index is 346. The number of ether oxygens (including phenoxy) is 2. The van der Waals surface area contributed by atoms with Crippen LogP contribution in [0.5, 0.6) is 5.88 Å². The largest absolute Gasteiger partial charge is 0.481 e. The second kappa shape index (κ2) is 7.03.